The highest BCUT2D eigenvalue weighted by Gasteiger charge is 2.25. The Morgan fingerprint density at radius 2 is 1.85 bits per heavy atom. The Labute approximate surface area is 197 Å². The van der Waals surface area contributed by atoms with Gasteiger partial charge < -0.3 is 15.2 Å². The zero-order valence-electron chi connectivity index (χ0n) is 19.9. The van der Waals surface area contributed by atoms with Crippen molar-refractivity contribution in [2.75, 3.05) is 13.1 Å². The van der Waals surface area contributed by atoms with Gasteiger partial charge in [-0.25, -0.2) is 0 Å². The lowest BCUT2D eigenvalue weighted by molar-refractivity contribution is -0.122. The van der Waals surface area contributed by atoms with Crippen molar-refractivity contribution in [1.29, 1.82) is 0 Å². The molecule has 1 aliphatic heterocycles. The second-order valence-corrected chi connectivity index (χ2v) is 10.2. The largest absolute Gasteiger partial charge is 0.353 e. The summed E-state index contributed by atoms with van der Waals surface area (Å²) in [6.07, 6.45) is 10.3. The van der Waals surface area contributed by atoms with Crippen LogP contribution in [-0.2, 0) is 11.3 Å². The van der Waals surface area contributed by atoms with E-state index in [-0.39, 0.29) is 11.8 Å². The van der Waals surface area contributed by atoms with Crippen LogP contribution in [-0.4, -0.2) is 29.6 Å². The quantitative estimate of drug-likeness (QED) is 0.504. The van der Waals surface area contributed by atoms with Crippen LogP contribution in [0.25, 0.3) is 10.9 Å². The van der Waals surface area contributed by atoms with Crippen LogP contribution in [0.3, 0.4) is 0 Å². The number of hydrogen-bond donors (Lipinski definition) is 2. The molecule has 0 spiro atoms. The first-order valence-corrected chi connectivity index (χ1v) is 12.8. The Morgan fingerprint density at radius 3 is 2.64 bits per heavy atom. The minimum atomic E-state index is 0.0568. The molecule has 2 heterocycles. The highest BCUT2D eigenvalue weighted by molar-refractivity contribution is 5.86. The first kappa shape index (κ1) is 22.2. The van der Waals surface area contributed by atoms with Gasteiger partial charge in [-0.2, -0.15) is 0 Å². The fourth-order valence-corrected chi connectivity index (χ4v) is 5.91. The van der Waals surface area contributed by atoms with E-state index in [1.54, 1.807) is 0 Å². The van der Waals surface area contributed by atoms with Gasteiger partial charge in [-0.1, -0.05) is 60.9 Å². The summed E-state index contributed by atoms with van der Waals surface area (Å²) in [4.78, 5) is 13.2. The third kappa shape index (κ3) is 5.16. The van der Waals surface area contributed by atoms with Gasteiger partial charge in [0.25, 0.3) is 0 Å². The molecule has 0 radical (unpaired) electrons. The maximum absolute atomic E-state index is 13.2. The number of nitrogens with zero attached hydrogens (tertiary/aromatic N) is 1. The van der Waals surface area contributed by atoms with E-state index in [1.807, 2.05) is 0 Å². The lowest BCUT2D eigenvalue weighted by atomic mass is 9.87. The lowest BCUT2D eigenvalue weighted by Crippen LogP contribution is -2.43. The minimum absolute atomic E-state index is 0.0568. The summed E-state index contributed by atoms with van der Waals surface area (Å²) in [7, 11) is 0. The Kier molecular flexibility index (Phi) is 6.82. The van der Waals surface area contributed by atoms with Crippen LogP contribution in [0.5, 0.6) is 0 Å². The molecule has 2 aromatic carbocycles. The second kappa shape index (κ2) is 10.1. The van der Waals surface area contributed by atoms with Crippen LogP contribution in [0.1, 0.15) is 67.6 Å². The number of nitrogens with one attached hydrogen (secondary N) is 2. The number of fused-ring (bicyclic) bond motifs is 1. The molecule has 5 rings (SSSR count). The van der Waals surface area contributed by atoms with E-state index in [2.05, 4.69) is 76.9 Å². The number of aryl methyl sites for hydroxylation is 1. The SMILES string of the molecule is Cc1cccc(C(CC(=O)NC2CCNCC2)c2cn(CC3CCCC3)c3ccccc23)c1. The summed E-state index contributed by atoms with van der Waals surface area (Å²) in [5.74, 6) is 0.997. The average Bonchev–Trinajstić information content (AvgIpc) is 3.47. The van der Waals surface area contributed by atoms with Crippen molar-refractivity contribution in [3.63, 3.8) is 0 Å². The van der Waals surface area contributed by atoms with Gasteiger partial charge in [-0.05, 0) is 68.8 Å². The summed E-state index contributed by atoms with van der Waals surface area (Å²) in [5.41, 5.74) is 5.07. The molecule has 1 aromatic heterocycles. The molecule has 174 valence electrons. The molecule has 2 aliphatic rings. The molecule has 1 saturated carbocycles. The van der Waals surface area contributed by atoms with Crippen LogP contribution in [0.4, 0.5) is 0 Å². The number of para-hydroxylation sites is 1. The molecule has 1 atom stereocenters. The van der Waals surface area contributed by atoms with Gasteiger partial charge in [0.05, 0.1) is 0 Å². The summed E-state index contributed by atoms with van der Waals surface area (Å²) < 4.78 is 2.47. The van der Waals surface area contributed by atoms with E-state index < -0.39 is 0 Å². The molecule has 4 nitrogen and oxygen atoms in total. The molecule has 3 aromatic rings. The topological polar surface area (TPSA) is 46.1 Å². The normalized spacial score (nSPS) is 18.6. The molecule has 1 amide bonds. The molecule has 2 fully saturated rings. The highest BCUT2D eigenvalue weighted by atomic mass is 16.1. The van der Waals surface area contributed by atoms with Crippen molar-refractivity contribution in [3.05, 3.63) is 71.4 Å². The molecule has 2 N–H and O–H groups in total. The summed E-state index contributed by atoms with van der Waals surface area (Å²) >= 11 is 0. The number of aromatic nitrogens is 1. The number of carbonyl (C=O) groups is 1. The van der Waals surface area contributed by atoms with Gasteiger partial charge >= 0.3 is 0 Å². The van der Waals surface area contributed by atoms with E-state index >= 15 is 0 Å². The van der Waals surface area contributed by atoms with E-state index in [9.17, 15) is 4.79 Å². The maximum Gasteiger partial charge on any atom is 0.221 e. The molecular weight excluding hydrogens is 406 g/mol. The van der Waals surface area contributed by atoms with Gasteiger partial charge in [0, 0.05) is 42.0 Å². The van der Waals surface area contributed by atoms with Gasteiger partial charge in [-0.15, -0.1) is 0 Å². The van der Waals surface area contributed by atoms with Crippen molar-refractivity contribution in [2.24, 2.45) is 5.92 Å². The number of amides is 1. The molecular formula is C29H37N3O. The van der Waals surface area contributed by atoms with Crippen LogP contribution in [0.2, 0.25) is 0 Å². The van der Waals surface area contributed by atoms with Crippen LogP contribution >= 0.6 is 0 Å². The molecule has 1 saturated heterocycles. The van der Waals surface area contributed by atoms with Crippen LogP contribution in [0.15, 0.2) is 54.7 Å². The first-order valence-electron chi connectivity index (χ1n) is 12.8. The molecule has 33 heavy (non-hydrogen) atoms. The van der Waals surface area contributed by atoms with Crippen molar-refractivity contribution in [2.45, 2.75) is 70.4 Å². The van der Waals surface area contributed by atoms with E-state index in [0.29, 0.717) is 12.5 Å². The average molecular weight is 444 g/mol. The summed E-state index contributed by atoms with van der Waals surface area (Å²) in [6.45, 7) is 5.20. The highest BCUT2D eigenvalue weighted by Crippen LogP contribution is 2.36. The van der Waals surface area contributed by atoms with Crippen LogP contribution in [0, 0.1) is 12.8 Å². The summed E-state index contributed by atoms with van der Waals surface area (Å²) in [5, 5.41) is 8.00. The zero-order chi connectivity index (χ0) is 22.6. The smallest absolute Gasteiger partial charge is 0.221 e. The third-order valence-electron chi connectivity index (χ3n) is 7.66. The third-order valence-corrected chi connectivity index (χ3v) is 7.66. The van der Waals surface area contributed by atoms with E-state index in [0.717, 1.165) is 38.4 Å². The number of piperidine rings is 1. The van der Waals surface area contributed by atoms with E-state index in [4.69, 9.17) is 0 Å². The maximum atomic E-state index is 13.2. The first-order chi connectivity index (χ1) is 16.2. The zero-order valence-corrected chi connectivity index (χ0v) is 19.9. The van der Waals surface area contributed by atoms with Gasteiger partial charge in [-0.3, -0.25) is 4.79 Å². The van der Waals surface area contributed by atoms with Crippen molar-refractivity contribution >= 4 is 16.8 Å². The van der Waals surface area contributed by atoms with Gasteiger partial charge in [0.2, 0.25) is 5.91 Å². The second-order valence-electron chi connectivity index (χ2n) is 10.2. The number of benzene rings is 2. The predicted octanol–water partition coefficient (Wildman–Crippen LogP) is 5.53. The van der Waals surface area contributed by atoms with Crippen molar-refractivity contribution in [3.8, 4) is 0 Å². The Hall–Kier alpha value is -2.59. The fourth-order valence-electron chi connectivity index (χ4n) is 5.91. The van der Waals surface area contributed by atoms with Crippen LogP contribution < -0.4 is 10.6 Å². The summed E-state index contributed by atoms with van der Waals surface area (Å²) in [6, 6.07) is 17.8. The molecule has 0 bridgehead atoms. The molecule has 4 heteroatoms. The molecule has 1 aliphatic carbocycles. The Bertz CT molecular complexity index is 1090. The predicted molar refractivity (Wildman–Crippen MR) is 136 cm³/mol. The number of rotatable bonds is 7. The standard InChI is InChI=1S/C29H37N3O/c1-21-7-6-10-23(17-21)26(18-29(33)31-24-13-15-30-16-14-24)27-20-32(19-22-8-2-3-9-22)28-12-5-4-11-25(27)28/h4-7,10-12,17,20,22,24,26,30H,2-3,8-9,13-16,18-19H2,1H3,(H,31,33). The fraction of sp³-hybridized carbons (Fsp3) is 0.483. The lowest BCUT2D eigenvalue weighted by Gasteiger charge is -2.25. The number of carbonyl (C=O) groups excluding carboxylic acids is 1. The number of hydrogen-bond acceptors (Lipinski definition) is 2. The monoisotopic (exact) mass is 443 g/mol. The van der Waals surface area contributed by atoms with Gasteiger partial charge in [0.1, 0.15) is 0 Å². The Morgan fingerprint density at radius 1 is 1.06 bits per heavy atom. The van der Waals surface area contributed by atoms with Gasteiger partial charge in [0.15, 0.2) is 0 Å². The Balaban J connectivity index is 1.48. The minimum Gasteiger partial charge on any atom is -0.353 e. The van der Waals surface area contributed by atoms with Crippen molar-refractivity contribution in [1.82, 2.24) is 15.2 Å². The van der Waals surface area contributed by atoms with E-state index in [1.165, 1.54) is 53.3 Å². The molecule has 1 unspecified atom stereocenters. The van der Waals surface area contributed by atoms with Crippen molar-refractivity contribution < 1.29 is 4.79 Å².